The molecule has 1 aromatic rings. The largest absolute Gasteiger partial charge is 0.481 e. The summed E-state index contributed by atoms with van der Waals surface area (Å²) < 4.78 is 5.49. The molecular formula is C23H31NO5S. The molecule has 3 aliphatic rings. The van der Waals surface area contributed by atoms with Gasteiger partial charge in [0.15, 0.2) is 0 Å². The van der Waals surface area contributed by atoms with Crippen LogP contribution in [0.1, 0.15) is 73.7 Å². The van der Waals surface area contributed by atoms with E-state index in [0.29, 0.717) is 16.5 Å². The van der Waals surface area contributed by atoms with Crippen LogP contribution in [-0.2, 0) is 27.2 Å². The van der Waals surface area contributed by atoms with Gasteiger partial charge in [0.05, 0.1) is 23.5 Å². The van der Waals surface area contributed by atoms with Crippen molar-refractivity contribution in [3.63, 3.8) is 0 Å². The summed E-state index contributed by atoms with van der Waals surface area (Å²) in [6.07, 6.45) is 6.23. The number of aliphatic carboxylic acids is 1. The van der Waals surface area contributed by atoms with Crippen molar-refractivity contribution in [3.8, 4) is 0 Å². The number of hydrogen-bond donors (Lipinski definition) is 2. The van der Waals surface area contributed by atoms with Crippen molar-refractivity contribution in [2.75, 3.05) is 5.32 Å². The average molecular weight is 434 g/mol. The highest BCUT2D eigenvalue weighted by molar-refractivity contribution is 7.17. The van der Waals surface area contributed by atoms with Gasteiger partial charge in [-0.25, -0.2) is 4.79 Å². The Hall–Kier alpha value is -1.89. The van der Waals surface area contributed by atoms with E-state index < -0.39 is 23.8 Å². The Morgan fingerprint density at radius 3 is 2.50 bits per heavy atom. The summed E-state index contributed by atoms with van der Waals surface area (Å²) in [5, 5.41) is 13.2. The molecule has 2 N–H and O–H groups in total. The lowest BCUT2D eigenvalue weighted by Crippen LogP contribution is -2.38. The van der Waals surface area contributed by atoms with Gasteiger partial charge in [-0.2, -0.15) is 0 Å². The van der Waals surface area contributed by atoms with Crippen molar-refractivity contribution in [1.29, 1.82) is 0 Å². The molecule has 0 aliphatic heterocycles. The molecule has 0 saturated heterocycles. The molecule has 1 amide bonds. The van der Waals surface area contributed by atoms with E-state index in [4.69, 9.17) is 4.74 Å². The number of amides is 1. The summed E-state index contributed by atoms with van der Waals surface area (Å²) in [4.78, 5) is 39.1. The van der Waals surface area contributed by atoms with Crippen LogP contribution < -0.4 is 5.32 Å². The molecule has 2 saturated carbocycles. The molecule has 1 aromatic heterocycles. The molecule has 0 radical (unpaired) electrons. The molecule has 0 spiro atoms. The highest BCUT2D eigenvalue weighted by Crippen LogP contribution is 2.53. The average Bonchev–Trinajstić information content (AvgIpc) is 3.38. The first-order valence-corrected chi connectivity index (χ1v) is 12.0. The molecule has 164 valence electrons. The molecule has 1 heterocycles. The lowest BCUT2D eigenvalue weighted by atomic mass is 9.78. The normalized spacial score (nSPS) is 29.7. The zero-order valence-corrected chi connectivity index (χ0v) is 18.7. The second kappa shape index (κ2) is 8.33. The smallest absolute Gasteiger partial charge is 0.341 e. The third-order valence-corrected chi connectivity index (χ3v) is 8.40. The summed E-state index contributed by atoms with van der Waals surface area (Å²) in [5.41, 5.74) is 1.50. The van der Waals surface area contributed by atoms with Crippen LogP contribution in [0.25, 0.3) is 0 Å². The maximum Gasteiger partial charge on any atom is 0.341 e. The number of esters is 1. The summed E-state index contributed by atoms with van der Waals surface area (Å²) in [7, 11) is 0. The zero-order valence-electron chi connectivity index (χ0n) is 17.9. The molecule has 2 fully saturated rings. The minimum absolute atomic E-state index is 0.0930. The van der Waals surface area contributed by atoms with Crippen LogP contribution in [0, 0.1) is 29.6 Å². The number of carbonyl (C=O) groups excluding carboxylic acids is 2. The third kappa shape index (κ3) is 3.77. The van der Waals surface area contributed by atoms with Gasteiger partial charge >= 0.3 is 11.9 Å². The molecule has 4 rings (SSSR count). The predicted molar refractivity (Wildman–Crippen MR) is 115 cm³/mol. The van der Waals surface area contributed by atoms with Crippen LogP contribution in [0.2, 0.25) is 0 Å². The fourth-order valence-electron chi connectivity index (χ4n) is 5.80. The SMILES string of the molecule is CC[C@@H]1CCc2c(sc(NC(=O)[C@@H]3[C@@H]4CC[C@@H](C4)[C@@H]3C(=O)O)c2C(=O)OC(C)C)C1. The van der Waals surface area contributed by atoms with E-state index in [1.54, 1.807) is 0 Å². The van der Waals surface area contributed by atoms with E-state index in [9.17, 15) is 19.5 Å². The quantitative estimate of drug-likeness (QED) is 0.644. The first kappa shape index (κ1) is 21.3. The van der Waals surface area contributed by atoms with Crippen molar-refractivity contribution < 1.29 is 24.2 Å². The zero-order chi connectivity index (χ0) is 21.6. The fraction of sp³-hybridized carbons (Fsp3) is 0.696. The maximum atomic E-state index is 13.2. The fourth-order valence-corrected chi connectivity index (χ4v) is 7.15. The lowest BCUT2D eigenvalue weighted by molar-refractivity contribution is -0.148. The summed E-state index contributed by atoms with van der Waals surface area (Å²) in [5.74, 6) is -1.84. The van der Waals surface area contributed by atoms with Gasteiger partial charge in [-0.1, -0.05) is 13.3 Å². The van der Waals surface area contributed by atoms with Gasteiger partial charge in [0, 0.05) is 4.88 Å². The molecule has 30 heavy (non-hydrogen) atoms. The number of ether oxygens (including phenoxy) is 1. The number of anilines is 1. The molecule has 0 unspecified atom stereocenters. The minimum Gasteiger partial charge on any atom is -0.481 e. The highest BCUT2D eigenvalue weighted by atomic mass is 32.1. The summed E-state index contributed by atoms with van der Waals surface area (Å²) in [6.45, 7) is 5.81. The van der Waals surface area contributed by atoms with Crippen LogP contribution in [0.5, 0.6) is 0 Å². The second-order valence-electron chi connectivity index (χ2n) is 9.39. The first-order valence-electron chi connectivity index (χ1n) is 11.2. The molecular weight excluding hydrogens is 402 g/mol. The van der Waals surface area contributed by atoms with Gasteiger partial charge in [0.25, 0.3) is 0 Å². The van der Waals surface area contributed by atoms with Gasteiger partial charge in [0.1, 0.15) is 5.00 Å². The molecule has 7 heteroatoms. The number of thiophene rings is 1. The van der Waals surface area contributed by atoms with Crippen LogP contribution in [0.4, 0.5) is 5.00 Å². The Balaban J connectivity index is 1.63. The Bertz CT molecular complexity index is 860. The molecule has 6 nitrogen and oxygen atoms in total. The van der Waals surface area contributed by atoms with E-state index in [2.05, 4.69) is 12.2 Å². The number of fused-ring (bicyclic) bond motifs is 3. The Kier molecular flexibility index (Phi) is 5.93. The van der Waals surface area contributed by atoms with Crippen LogP contribution >= 0.6 is 11.3 Å². The Morgan fingerprint density at radius 1 is 1.17 bits per heavy atom. The molecule has 3 aliphatic carbocycles. The van der Waals surface area contributed by atoms with E-state index in [0.717, 1.165) is 55.4 Å². The summed E-state index contributed by atoms with van der Waals surface area (Å²) in [6, 6.07) is 0. The van der Waals surface area contributed by atoms with Crippen LogP contribution in [0.15, 0.2) is 0 Å². The van der Waals surface area contributed by atoms with Gasteiger partial charge < -0.3 is 15.2 Å². The van der Waals surface area contributed by atoms with Crippen molar-refractivity contribution in [1.82, 2.24) is 0 Å². The minimum atomic E-state index is -0.877. The maximum absolute atomic E-state index is 13.2. The number of hydrogen-bond acceptors (Lipinski definition) is 5. The Labute approximate surface area is 181 Å². The van der Waals surface area contributed by atoms with E-state index in [1.165, 1.54) is 11.3 Å². The first-order chi connectivity index (χ1) is 14.3. The molecule has 5 atom stereocenters. The number of carboxylic acids is 1. The van der Waals surface area contributed by atoms with Gasteiger partial charge in [0.2, 0.25) is 5.91 Å². The van der Waals surface area contributed by atoms with Crippen molar-refractivity contribution in [2.24, 2.45) is 29.6 Å². The molecule has 0 aromatic carbocycles. The Morgan fingerprint density at radius 2 is 1.87 bits per heavy atom. The monoisotopic (exact) mass is 433 g/mol. The number of nitrogens with one attached hydrogen (secondary N) is 1. The van der Waals surface area contributed by atoms with Crippen molar-refractivity contribution in [2.45, 2.75) is 71.8 Å². The van der Waals surface area contributed by atoms with Gasteiger partial charge in [-0.15, -0.1) is 11.3 Å². The van der Waals surface area contributed by atoms with Crippen molar-refractivity contribution in [3.05, 3.63) is 16.0 Å². The predicted octanol–water partition coefficient (Wildman–Crippen LogP) is 4.51. The van der Waals surface area contributed by atoms with Crippen LogP contribution in [0.3, 0.4) is 0 Å². The van der Waals surface area contributed by atoms with E-state index in [1.807, 2.05) is 13.8 Å². The number of rotatable bonds is 6. The van der Waals surface area contributed by atoms with Crippen LogP contribution in [-0.4, -0.2) is 29.1 Å². The standard InChI is InChI=1S/C23H31NO5S/c1-4-12-5-8-15-16(9-12)30-21(19(15)23(28)29-11(2)3)24-20(25)17-13-6-7-14(10-13)18(17)22(26)27/h11-14,17-18H,4-10H2,1-3H3,(H,24,25)(H,26,27)/t12-,13-,14+,17-,18+/m1/s1. The van der Waals surface area contributed by atoms with E-state index >= 15 is 0 Å². The van der Waals surface area contributed by atoms with Gasteiger partial charge in [-0.05, 0) is 75.7 Å². The van der Waals surface area contributed by atoms with E-state index in [-0.39, 0.29) is 23.8 Å². The second-order valence-corrected chi connectivity index (χ2v) is 10.5. The third-order valence-electron chi connectivity index (χ3n) is 7.23. The van der Waals surface area contributed by atoms with Crippen molar-refractivity contribution >= 4 is 34.2 Å². The summed E-state index contributed by atoms with van der Waals surface area (Å²) >= 11 is 1.47. The topological polar surface area (TPSA) is 92.7 Å². The number of carboxylic acid groups (broad SMARTS) is 1. The van der Waals surface area contributed by atoms with Gasteiger partial charge in [-0.3, -0.25) is 9.59 Å². The lowest BCUT2D eigenvalue weighted by Gasteiger charge is -2.27. The molecule has 2 bridgehead atoms. The highest BCUT2D eigenvalue weighted by Gasteiger charge is 2.54. The number of carbonyl (C=O) groups is 3.